The Bertz CT molecular complexity index is 1120. The monoisotopic (exact) mass is 324 g/mol. The molecule has 0 heterocycles. The van der Waals surface area contributed by atoms with E-state index in [9.17, 15) is 9.90 Å². The molecule has 0 aliphatic carbocycles. The van der Waals surface area contributed by atoms with Crippen LogP contribution in [0.1, 0.15) is 15.9 Å². The van der Waals surface area contributed by atoms with E-state index in [1.54, 1.807) is 24.3 Å². The predicted molar refractivity (Wildman–Crippen MR) is 103 cm³/mol. The topological polar surface area (TPSA) is 37.3 Å². The number of hydrogen-bond acceptors (Lipinski definition) is 2. The van der Waals surface area contributed by atoms with E-state index in [0.717, 1.165) is 16.3 Å². The minimum Gasteiger partial charge on any atom is -0.508 e. The Morgan fingerprint density at radius 1 is 0.760 bits per heavy atom. The molecular weight excluding hydrogens is 308 g/mol. The third-order valence-electron chi connectivity index (χ3n) is 4.34. The Morgan fingerprint density at radius 2 is 1.48 bits per heavy atom. The zero-order chi connectivity index (χ0) is 17.2. The standard InChI is InChI=1S/C23H16O2/c24-19-8-5-7-18(15-19)23(25)13-12-17-14-16-6-1-2-9-20(16)22-11-4-3-10-21(17)22/h1-15,24H. The summed E-state index contributed by atoms with van der Waals surface area (Å²) < 4.78 is 0. The highest BCUT2D eigenvalue weighted by atomic mass is 16.3. The summed E-state index contributed by atoms with van der Waals surface area (Å²) >= 11 is 0. The minimum absolute atomic E-state index is 0.0930. The molecule has 0 aromatic heterocycles. The second-order valence-corrected chi connectivity index (χ2v) is 5.98. The van der Waals surface area contributed by atoms with Crippen LogP contribution < -0.4 is 0 Å². The van der Waals surface area contributed by atoms with E-state index in [4.69, 9.17) is 0 Å². The van der Waals surface area contributed by atoms with Gasteiger partial charge in [0.05, 0.1) is 0 Å². The highest BCUT2D eigenvalue weighted by Crippen LogP contribution is 2.29. The van der Waals surface area contributed by atoms with E-state index >= 15 is 0 Å². The molecule has 25 heavy (non-hydrogen) atoms. The molecule has 0 bridgehead atoms. The van der Waals surface area contributed by atoms with Crippen LogP contribution in [0.2, 0.25) is 0 Å². The second kappa shape index (κ2) is 6.25. The van der Waals surface area contributed by atoms with E-state index in [-0.39, 0.29) is 11.5 Å². The molecule has 0 aliphatic heterocycles. The van der Waals surface area contributed by atoms with Crippen molar-refractivity contribution in [2.75, 3.05) is 0 Å². The van der Waals surface area contributed by atoms with Gasteiger partial charge in [-0.1, -0.05) is 66.7 Å². The van der Waals surface area contributed by atoms with Crippen molar-refractivity contribution in [2.24, 2.45) is 0 Å². The number of benzene rings is 4. The lowest BCUT2D eigenvalue weighted by molar-refractivity contribution is 0.104. The summed E-state index contributed by atoms with van der Waals surface area (Å²) in [5.74, 6) is -0.0384. The van der Waals surface area contributed by atoms with Gasteiger partial charge in [0.1, 0.15) is 5.75 Å². The van der Waals surface area contributed by atoms with Gasteiger partial charge in [-0.25, -0.2) is 0 Å². The first kappa shape index (κ1) is 15.2. The molecule has 0 radical (unpaired) electrons. The molecule has 0 spiro atoms. The molecule has 0 unspecified atom stereocenters. The van der Waals surface area contributed by atoms with Crippen LogP contribution in [0.25, 0.3) is 27.6 Å². The zero-order valence-corrected chi connectivity index (χ0v) is 13.5. The Morgan fingerprint density at radius 3 is 2.28 bits per heavy atom. The largest absolute Gasteiger partial charge is 0.508 e. The summed E-state index contributed by atoms with van der Waals surface area (Å²) in [6.07, 6.45) is 3.41. The smallest absolute Gasteiger partial charge is 0.185 e. The van der Waals surface area contributed by atoms with Crippen molar-refractivity contribution in [1.29, 1.82) is 0 Å². The maximum absolute atomic E-state index is 12.4. The van der Waals surface area contributed by atoms with E-state index in [1.165, 1.54) is 16.8 Å². The molecule has 1 N–H and O–H groups in total. The van der Waals surface area contributed by atoms with Crippen LogP contribution in [0.5, 0.6) is 5.75 Å². The quantitative estimate of drug-likeness (QED) is 0.303. The molecule has 0 atom stereocenters. The van der Waals surface area contributed by atoms with Crippen LogP contribution in [0.4, 0.5) is 0 Å². The van der Waals surface area contributed by atoms with Gasteiger partial charge in [-0.3, -0.25) is 4.79 Å². The molecule has 2 nitrogen and oxygen atoms in total. The van der Waals surface area contributed by atoms with Crippen molar-refractivity contribution in [3.63, 3.8) is 0 Å². The van der Waals surface area contributed by atoms with Crippen molar-refractivity contribution < 1.29 is 9.90 Å². The highest BCUT2D eigenvalue weighted by molar-refractivity contribution is 6.13. The van der Waals surface area contributed by atoms with Gasteiger partial charge in [0.15, 0.2) is 5.78 Å². The second-order valence-electron chi connectivity index (χ2n) is 5.98. The van der Waals surface area contributed by atoms with Crippen molar-refractivity contribution in [1.82, 2.24) is 0 Å². The fourth-order valence-electron chi connectivity index (χ4n) is 3.14. The lowest BCUT2D eigenvalue weighted by Crippen LogP contribution is -1.93. The molecule has 2 heteroatoms. The molecule has 0 fully saturated rings. The Balaban J connectivity index is 1.81. The maximum atomic E-state index is 12.4. The summed E-state index contributed by atoms with van der Waals surface area (Å²) in [5, 5.41) is 14.2. The number of phenolic OH excluding ortho intramolecular Hbond substituents is 1. The number of aromatic hydroxyl groups is 1. The van der Waals surface area contributed by atoms with Gasteiger partial charge in [-0.2, -0.15) is 0 Å². The third-order valence-corrected chi connectivity index (χ3v) is 4.34. The van der Waals surface area contributed by atoms with Gasteiger partial charge in [0, 0.05) is 5.56 Å². The van der Waals surface area contributed by atoms with E-state index in [1.807, 2.05) is 30.3 Å². The van der Waals surface area contributed by atoms with Crippen LogP contribution in [-0.2, 0) is 0 Å². The van der Waals surface area contributed by atoms with Crippen LogP contribution in [-0.4, -0.2) is 10.9 Å². The number of ketones is 1. The number of fused-ring (bicyclic) bond motifs is 3. The first-order valence-electron chi connectivity index (χ1n) is 8.14. The van der Waals surface area contributed by atoms with Crippen molar-refractivity contribution in [3.8, 4) is 5.75 Å². The molecule has 4 aromatic carbocycles. The lowest BCUT2D eigenvalue weighted by Gasteiger charge is -2.07. The van der Waals surface area contributed by atoms with Crippen molar-refractivity contribution >= 4 is 33.4 Å². The molecule has 4 rings (SSSR count). The summed E-state index contributed by atoms with van der Waals surface area (Å²) in [7, 11) is 0. The SMILES string of the molecule is O=C(C=Cc1cc2ccccc2c2ccccc12)c1cccc(O)c1. The lowest BCUT2D eigenvalue weighted by atomic mass is 9.96. The van der Waals surface area contributed by atoms with Crippen LogP contribution in [0, 0.1) is 0 Å². The van der Waals surface area contributed by atoms with E-state index in [0.29, 0.717) is 5.56 Å². The van der Waals surface area contributed by atoms with Crippen molar-refractivity contribution in [3.05, 3.63) is 96.1 Å². The van der Waals surface area contributed by atoms with Gasteiger partial charge in [0.25, 0.3) is 0 Å². The van der Waals surface area contributed by atoms with Gasteiger partial charge in [-0.15, -0.1) is 0 Å². The molecule has 0 aliphatic rings. The Kier molecular flexibility index (Phi) is 3.79. The molecule has 0 amide bonds. The maximum Gasteiger partial charge on any atom is 0.185 e. The molecular formula is C23H16O2. The van der Waals surface area contributed by atoms with Crippen LogP contribution in [0.15, 0.2) is 84.9 Å². The first-order valence-corrected chi connectivity index (χ1v) is 8.14. The molecule has 0 saturated heterocycles. The molecule has 4 aromatic rings. The van der Waals surface area contributed by atoms with Gasteiger partial charge in [0.2, 0.25) is 0 Å². The fraction of sp³-hybridized carbons (Fsp3) is 0. The summed E-state index contributed by atoms with van der Waals surface area (Å²) in [4.78, 5) is 12.4. The van der Waals surface area contributed by atoms with Gasteiger partial charge < -0.3 is 5.11 Å². The third kappa shape index (κ3) is 2.90. The summed E-state index contributed by atoms with van der Waals surface area (Å²) in [5.41, 5.74) is 1.48. The van der Waals surface area contributed by atoms with E-state index < -0.39 is 0 Å². The normalized spacial score (nSPS) is 11.4. The number of carbonyl (C=O) groups excluding carboxylic acids is 1. The number of allylic oxidation sites excluding steroid dienone is 1. The Labute approximate surface area is 145 Å². The molecule has 120 valence electrons. The fourth-order valence-corrected chi connectivity index (χ4v) is 3.14. The Hall–Kier alpha value is -3.39. The van der Waals surface area contributed by atoms with E-state index in [2.05, 4.69) is 30.3 Å². The number of carbonyl (C=O) groups is 1. The van der Waals surface area contributed by atoms with Gasteiger partial charge >= 0.3 is 0 Å². The zero-order valence-electron chi connectivity index (χ0n) is 13.5. The highest BCUT2D eigenvalue weighted by Gasteiger charge is 2.06. The number of hydrogen-bond donors (Lipinski definition) is 1. The predicted octanol–water partition coefficient (Wildman–Crippen LogP) is 5.59. The first-order chi connectivity index (χ1) is 12.2. The van der Waals surface area contributed by atoms with Crippen molar-refractivity contribution in [2.45, 2.75) is 0 Å². The molecule has 0 saturated carbocycles. The average molecular weight is 324 g/mol. The summed E-state index contributed by atoms with van der Waals surface area (Å²) in [6.45, 7) is 0. The average Bonchev–Trinajstić information content (AvgIpc) is 2.66. The number of rotatable bonds is 3. The minimum atomic E-state index is -0.131. The van der Waals surface area contributed by atoms with Gasteiger partial charge in [-0.05, 0) is 51.4 Å². The van der Waals surface area contributed by atoms with Crippen LogP contribution in [0.3, 0.4) is 0 Å². The van der Waals surface area contributed by atoms with Crippen LogP contribution >= 0.6 is 0 Å². The number of phenols is 1. The summed E-state index contributed by atoms with van der Waals surface area (Å²) in [6, 6.07) is 25.0.